The Hall–Kier alpha value is -2.67. The number of nitrogens with zero attached hydrogens (tertiary/aromatic N) is 3. The van der Waals surface area contributed by atoms with Crippen molar-refractivity contribution >= 4 is 18.1 Å². The summed E-state index contributed by atoms with van der Waals surface area (Å²) in [6.45, 7) is 1.88. The van der Waals surface area contributed by atoms with Gasteiger partial charge in [0.1, 0.15) is 0 Å². The van der Waals surface area contributed by atoms with Crippen LogP contribution in [0.1, 0.15) is 47.4 Å². The van der Waals surface area contributed by atoms with Crippen molar-refractivity contribution < 1.29 is 19.5 Å². The third-order valence-electron chi connectivity index (χ3n) is 5.27. The number of isocyanates is 1. The molecule has 0 radical (unpaired) electrons. The number of fused-ring (bicyclic) bond motifs is 1. The Morgan fingerprint density at radius 3 is 2.96 bits per heavy atom. The first-order valence-electron chi connectivity index (χ1n) is 8.94. The maximum atomic E-state index is 12.5. The molecule has 0 saturated heterocycles. The lowest BCUT2D eigenvalue weighted by Crippen LogP contribution is -2.44. The van der Waals surface area contributed by atoms with E-state index in [2.05, 4.69) is 20.5 Å². The summed E-state index contributed by atoms with van der Waals surface area (Å²) in [5.74, 6) is -0.326. The van der Waals surface area contributed by atoms with E-state index in [1.807, 2.05) is 0 Å². The van der Waals surface area contributed by atoms with Crippen molar-refractivity contribution in [2.75, 3.05) is 19.6 Å². The highest BCUT2D eigenvalue weighted by Crippen LogP contribution is 2.29. The molecule has 2 unspecified atom stereocenters. The minimum atomic E-state index is -1.09. The molecule has 3 rings (SSSR count). The Bertz CT molecular complexity index is 725. The number of carbonyl (C=O) groups is 2. The predicted molar refractivity (Wildman–Crippen MR) is 91.5 cm³/mol. The van der Waals surface area contributed by atoms with Crippen LogP contribution in [-0.2, 0) is 17.8 Å². The lowest BCUT2D eigenvalue weighted by atomic mass is 9.81. The number of aliphatic imine (C=N–C) groups is 1. The Labute approximate surface area is 150 Å². The van der Waals surface area contributed by atoms with Crippen LogP contribution >= 0.6 is 0 Å². The smallest absolute Gasteiger partial charge is 0.356 e. The first-order chi connectivity index (χ1) is 12.6. The summed E-state index contributed by atoms with van der Waals surface area (Å²) >= 11 is 0. The molecule has 1 aromatic heterocycles. The van der Waals surface area contributed by atoms with Crippen molar-refractivity contribution in [2.45, 2.75) is 38.6 Å². The van der Waals surface area contributed by atoms with E-state index in [4.69, 9.17) is 0 Å². The van der Waals surface area contributed by atoms with Crippen molar-refractivity contribution in [3.63, 3.8) is 0 Å². The number of carbonyl (C=O) groups excluding carboxylic acids is 2. The molecule has 1 saturated carbocycles. The van der Waals surface area contributed by atoms with Crippen molar-refractivity contribution in [3.05, 3.63) is 17.0 Å². The van der Waals surface area contributed by atoms with Crippen molar-refractivity contribution in [2.24, 2.45) is 16.8 Å². The number of H-pyrrole nitrogens is 1. The fourth-order valence-electron chi connectivity index (χ4n) is 3.91. The Balaban J connectivity index is 1.51. The number of carboxylic acid groups (broad SMARTS) is 1. The number of aromatic carboxylic acids is 1. The summed E-state index contributed by atoms with van der Waals surface area (Å²) in [6.07, 6.45) is 6.29. The van der Waals surface area contributed by atoms with Crippen LogP contribution in [0.5, 0.6) is 0 Å². The highest BCUT2D eigenvalue weighted by atomic mass is 16.4. The van der Waals surface area contributed by atoms with Crippen LogP contribution in [0.25, 0.3) is 0 Å². The van der Waals surface area contributed by atoms with E-state index in [1.54, 1.807) is 11.0 Å². The third-order valence-corrected chi connectivity index (χ3v) is 5.27. The summed E-state index contributed by atoms with van der Waals surface area (Å²) < 4.78 is 0. The minimum absolute atomic E-state index is 0.0108. The number of rotatable bonds is 5. The molecule has 2 heterocycles. The molecule has 26 heavy (non-hydrogen) atoms. The third kappa shape index (κ3) is 4.11. The number of amides is 2. The number of hydrogen-bond acceptors (Lipinski definition) is 5. The van der Waals surface area contributed by atoms with Gasteiger partial charge in [0.15, 0.2) is 5.69 Å². The van der Waals surface area contributed by atoms with Crippen LogP contribution in [0.2, 0.25) is 0 Å². The molecule has 1 aromatic rings. The second kappa shape index (κ2) is 8.14. The molecule has 0 aromatic carbocycles. The lowest BCUT2D eigenvalue weighted by Gasteiger charge is -2.30. The monoisotopic (exact) mass is 361 g/mol. The van der Waals surface area contributed by atoms with Crippen LogP contribution < -0.4 is 5.32 Å². The molecule has 2 atom stereocenters. The van der Waals surface area contributed by atoms with Gasteiger partial charge in [-0.1, -0.05) is 6.42 Å². The quantitative estimate of drug-likeness (QED) is 0.538. The highest BCUT2D eigenvalue weighted by Gasteiger charge is 2.28. The second-order valence-corrected chi connectivity index (χ2v) is 7.02. The fourth-order valence-corrected chi connectivity index (χ4v) is 3.91. The molecular formula is C17H23N5O4. The standard InChI is InChI=1S/C17H23N5O4/c23-10-18-7-11-2-1-3-12(6-11)8-19-17(26)22-5-4-14-13(9-22)15(16(24)25)21-20-14/h11-12H,1-9H2,(H,19,26)(H,20,21)(H,24,25). The van der Waals surface area contributed by atoms with Gasteiger partial charge in [0, 0.05) is 30.8 Å². The zero-order chi connectivity index (χ0) is 18.5. The first-order valence-corrected chi connectivity index (χ1v) is 8.94. The van der Waals surface area contributed by atoms with E-state index in [-0.39, 0.29) is 18.3 Å². The topological polar surface area (TPSA) is 128 Å². The zero-order valence-electron chi connectivity index (χ0n) is 14.5. The summed E-state index contributed by atoms with van der Waals surface area (Å²) in [5.41, 5.74) is 1.36. The first kappa shape index (κ1) is 18.1. The number of aromatic nitrogens is 2. The molecule has 9 nitrogen and oxygen atoms in total. The number of aromatic amines is 1. The van der Waals surface area contributed by atoms with Gasteiger partial charge in [-0.05, 0) is 31.1 Å². The number of urea groups is 1. The molecule has 9 heteroatoms. The van der Waals surface area contributed by atoms with Crippen LogP contribution in [0.15, 0.2) is 4.99 Å². The maximum Gasteiger partial charge on any atom is 0.356 e. The van der Waals surface area contributed by atoms with Crippen molar-refractivity contribution in [1.29, 1.82) is 0 Å². The lowest BCUT2D eigenvalue weighted by molar-refractivity contribution is 0.0687. The van der Waals surface area contributed by atoms with Crippen LogP contribution in [0.4, 0.5) is 4.79 Å². The number of carboxylic acids is 1. The van der Waals surface area contributed by atoms with Gasteiger partial charge in [-0.2, -0.15) is 5.10 Å². The molecule has 2 amide bonds. The fraction of sp³-hybridized carbons (Fsp3) is 0.647. The Morgan fingerprint density at radius 1 is 1.38 bits per heavy atom. The molecule has 2 aliphatic rings. The van der Waals surface area contributed by atoms with Gasteiger partial charge in [0.05, 0.1) is 13.1 Å². The van der Waals surface area contributed by atoms with E-state index >= 15 is 0 Å². The number of nitrogens with one attached hydrogen (secondary N) is 2. The van der Waals surface area contributed by atoms with Gasteiger partial charge in [0.2, 0.25) is 6.08 Å². The SMILES string of the molecule is O=C=NCC1CCCC(CNC(=O)N2CCc3[nH]nc(C(=O)O)c3C2)C1. The molecule has 0 bridgehead atoms. The highest BCUT2D eigenvalue weighted by molar-refractivity contribution is 5.87. The molecule has 3 N–H and O–H groups in total. The summed E-state index contributed by atoms with van der Waals surface area (Å²) in [7, 11) is 0. The molecular weight excluding hydrogens is 338 g/mol. The van der Waals surface area contributed by atoms with E-state index < -0.39 is 5.97 Å². The summed E-state index contributed by atoms with van der Waals surface area (Å²) in [5, 5.41) is 18.7. The van der Waals surface area contributed by atoms with Gasteiger partial charge in [0.25, 0.3) is 0 Å². The average molecular weight is 361 g/mol. The molecule has 140 valence electrons. The largest absolute Gasteiger partial charge is 0.476 e. The van der Waals surface area contributed by atoms with Gasteiger partial charge in [-0.3, -0.25) is 5.10 Å². The van der Waals surface area contributed by atoms with E-state index in [1.165, 1.54) is 0 Å². The normalized spacial score (nSPS) is 22.2. The predicted octanol–water partition coefficient (Wildman–Crippen LogP) is 1.32. The Morgan fingerprint density at radius 2 is 2.19 bits per heavy atom. The van der Waals surface area contributed by atoms with E-state index in [0.29, 0.717) is 43.5 Å². The van der Waals surface area contributed by atoms with Gasteiger partial charge >= 0.3 is 12.0 Å². The molecule has 1 fully saturated rings. The van der Waals surface area contributed by atoms with E-state index in [0.717, 1.165) is 31.4 Å². The van der Waals surface area contributed by atoms with Gasteiger partial charge in [-0.25, -0.2) is 19.4 Å². The maximum absolute atomic E-state index is 12.5. The zero-order valence-corrected chi connectivity index (χ0v) is 14.5. The van der Waals surface area contributed by atoms with Crippen LogP contribution in [0.3, 0.4) is 0 Å². The summed E-state index contributed by atoms with van der Waals surface area (Å²) in [4.78, 5) is 39.3. The van der Waals surface area contributed by atoms with Gasteiger partial charge < -0.3 is 15.3 Å². The Kier molecular flexibility index (Phi) is 5.68. The molecule has 0 spiro atoms. The average Bonchev–Trinajstić information content (AvgIpc) is 3.08. The molecule has 1 aliphatic heterocycles. The van der Waals surface area contributed by atoms with Crippen LogP contribution in [0, 0.1) is 11.8 Å². The van der Waals surface area contributed by atoms with Crippen molar-refractivity contribution in [3.8, 4) is 0 Å². The minimum Gasteiger partial charge on any atom is -0.476 e. The summed E-state index contributed by atoms with van der Waals surface area (Å²) in [6, 6.07) is -0.179. The number of hydrogen-bond donors (Lipinski definition) is 3. The van der Waals surface area contributed by atoms with Crippen molar-refractivity contribution in [1.82, 2.24) is 20.4 Å². The van der Waals surface area contributed by atoms with E-state index in [9.17, 15) is 19.5 Å². The second-order valence-electron chi connectivity index (χ2n) is 7.02. The van der Waals surface area contributed by atoms with Gasteiger partial charge in [-0.15, -0.1) is 0 Å². The van der Waals surface area contributed by atoms with Crippen LogP contribution in [-0.4, -0.2) is 57.9 Å². The molecule has 1 aliphatic carbocycles.